The summed E-state index contributed by atoms with van der Waals surface area (Å²) < 4.78 is 10.5. The van der Waals surface area contributed by atoms with E-state index in [0.717, 1.165) is 45.2 Å². The Bertz CT molecular complexity index is 794. The minimum Gasteiger partial charge on any atom is -0.453 e. The molecule has 0 aromatic heterocycles. The van der Waals surface area contributed by atoms with Crippen LogP contribution in [0.2, 0.25) is 0 Å². The number of thioether (sulfide) groups is 1. The summed E-state index contributed by atoms with van der Waals surface area (Å²) in [4.78, 5) is 28.2. The van der Waals surface area contributed by atoms with Crippen molar-refractivity contribution in [2.45, 2.75) is 62.5 Å². The Kier molecular flexibility index (Phi) is 8.21. The Morgan fingerprint density at radius 3 is 2.88 bits per heavy atom. The number of allylic oxidation sites excluding steroid dienone is 1. The predicted octanol–water partition coefficient (Wildman–Crippen LogP) is 1.58. The molecule has 4 rings (SSSR count). The molecule has 9 nitrogen and oxygen atoms in total. The van der Waals surface area contributed by atoms with Crippen LogP contribution in [0.3, 0.4) is 0 Å². The molecule has 184 valence electrons. The molecule has 33 heavy (non-hydrogen) atoms. The van der Waals surface area contributed by atoms with E-state index in [0.29, 0.717) is 31.0 Å². The van der Waals surface area contributed by atoms with Gasteiger partial charge in [0.05, 0.1) is 19.4 Å². The summed E-state index contributed by atoms with van der Waals surface area (Å²) in [5.74, 6) is 0.133. The average molecular weight is 480 g/mol. The van der Waals surface area contributed by atoms with Gasteiger partial charge in [-0.25, -0.2) is 10.2 Å². The van der Waals surface area contributed by atoms with Crippen LogP contribution in [0.25, 0.3) is 0 Å². The lowest BCUT2D eigenvalue weighted by Crippen LogP contribution is -2.54. The van der Waals surface area contributed by atoms with Gasteiger partial charge in [-0.2, -0.15) is 0 Å². The zero-order valence-electron chi connectivity index (χ0n) is 19.9. The minimum absolute atomic E-state index is 0.126. The molecule has 1 unspecified atom stereocenters. The van der Waals surface area contributed by atoms with Gasteiger partial charge >= 0.3 is 6.09 Å². The van der Waals surface area contributed by atoms with Crippen LogP contribution in [0.5, 0.6) is 0 Å². The van der Waals surface area contributed by atoms with Crippen LogP contribution in [-0.2, 0) is 14.3 Å². The first-order chi connectivity index (χ1) is 16.0. The Hall–Kier alpha value is -1.75. The lowest BCUT2D eigenvalue weighted by Gasteiger charge is -2.36. The van der Waals surface area contributed by atoms with Gasteiger partial charge in [-0.3, -0.25) is 4.79 Å². The topological polar surface area (TPSA) is 95.2 Å². The highest BCUT2D eigenvalue weighted by Gasteiger charge is 2.44. The molecule has 0 radical (unpaired) electrons. The van der Waals surface area contributed by atoms with Crippen molar-refractivity contribution in [2.24, 2.45) is 0 Å². The lowest BCUT2D eigenvalue weighted by molar-refractivity contribution is -0.148. The summed E-state index contributed by atoms with van der Waals surface area (Å²) in [7, 11) is 3.43. The van der Waals surface area contributed by atoms with Crippen molar-refractivity contribution >= 4 is 23.8 Å². The monoisotopic (exact) mass is 479 g/mol. The fourth-order valence-corrected chi connectivity index (χ4v) is 6.39. The maximum atomic E-state index is 13.4. The number of likely N-dealkylation sites (N-methyl/N-ethyl adjacent to an activating group) is 1. The van der Waals surface area contributed by atoms with Crippen LogP contribution in [0.4, 0.5) is 4.79 Å². The molecule has 10 heteroatoms. The number of nitrogens with zero attached hydrogens (tertiary/aromatic N) is 2. The molecule has 2 fully saturated rings. The molecule has 1 saturated carbocycles. The summed E-state index contributed by atoms with van der Waals surface area (Å²) in [6, 6.07) is 0.465. The zero-order chi connectivity index (χ0) is 23.4. The standard InChI is InChI=1S/C23H37N5O4S/c1-15(28(17-6-7-17)22(29)19-14-24-11-12-32-19)20-13-16(5-4-9-25-23(30)31-3)21(33-20)18-8-10-26-27(18)2/h8,15,17,19-20,24,26H,4-7,9-14H2,1-3H3,(H,25,30)/t15-,19-,20?/m1/s1. The highest BCUT2D eigenvalue weighted by Crippen LogP contribution is 2.47. The molecular weight excluding hydrogens is 442 g/mol. The van der Waals surface area contributed by atoms with E-state index in [-0.39, 0.29) is 18.1 Å². The molecule has 3 aliphatic heterocycles. The quantitative estimate of drug-likeness (QED) is 0.429. The van der Waals surface area contributed by atoms with Crippen LogP contribution in [0.15, 0.2) is 22.3 Å². The third-order valence-corrected chi connectivity index (χ3v) is 8.34. The molecule has 0 aromatic carbocycles. The number of carbonyl (C=O) groups excluding carboxylic acids is 2. The molecule has 1 aliphatic carbocycles. The Morgan fingerprint density at radius 2 is 2.24 bits per heavy atom. The first-order valence-electron chi connectivity index (χ1n) is 12.0. The number of nitrogens with one attached hydrogen (secondary N) is 3. The number of methoxy groups -OCH3 is 1. The van der Waals surface area contributed by atoms with Gasteiger partial charge in [0.2, 0.25) is 0 Å². The Labute approximate surface area is 200 Å². The average Bonchev–Trinajstić information content (AvgIpc) is 3.43. The van der Waals surface area contributed by atoms with Crippen LogP contribution in [-0.4, -0.2) is 92.3 Å². The number of ether oxygens (including phenoxy) is 2. The van der Waals surface area contributed by atoms with Gasteiger partial charge in [-0.15, -0.1) is 11.8 Å². The summed E-state index contributed by atoms with van der Waals surface area (Å²) in [6.45, 7) is 5.60. The van der Waals surface area contributed by atoms with Crippen molar-refractivity contribution in [1.82, 2.24) is 26.0 Å². The highest BCUT2D eigenvalue weighted by molar-refractivity contribution is 8.04. The van der Waals surface area contributed by atoms with Gasteiger partial charge in [0.15, 0.2) is 0 Å². The maximum absolute atomic E-state index is 13.4. The van der Waals surface area contributed by atoms with Gasteiger partial charge in [0, 0.05) is 55.5 Å². The third kappa shape index (κ3) is 5.85. The smallest absolute Gasteiger partial charge is 0.406 e. The number of amides is 2. The minimum atomic E-state index is -0.392. The van der Waals surface area contributed by atoms with E-state index in [1.807, 2.05) is 18.8 Å². The van der Waals surface area contributed by atoms with E-state index in [9.17, 15) is 9.59 Å². The second-order valence-corrected chi connectivity index (χ2v) is 10.4. The van der Waals surface area contributed by atoms with E-state index < -0.39 is 6.09 Å². The number of morpholine rings is 1. The maximum Gasteiger partial charge on any atom is 0.406 e. The largest absolute Gasteiger partial charge is 0.453 e. The predicted molar refractivity (Wildman–Crippen MR) is 128 cm³/mol. The van der Waals surface area contributed by atoms with Crippen LogP contribution in [0, 0.1) is 0 Å². The number of hydrogen-bond acceptors (Lipinski definition) is 8. The Morgan fingerprint density at radius 1 is 1.42 bits per heavy atom. The van der Waals surface area contributed by atoms with Gasteiger partial charge in [-0.05, 0) is 45.1 Å². The molecule has 2 amide bonds. The summed E-state index contributed by atoms with van der Waals surface area (Å²) in [5, 5.41) is 8.46. The third-order valence-electron chi connectivity index (χ3n) is 6.74. The summed E-state index contributed by atoms with van der Waals surface area (Å²) in [6.07, 6.45) is 6.34. The fraction of sp³-hybridized carbons (Fsp3) is 0.739. The second-order valence-electron chi connectivity index (χ2n) is 9.11. The van der Waals surface area contributed by atoms with E-state index in [4.69, 9.17) is 4.74 Å². The van der Waals surface area contributed by atoms with Crippen LogP contribution in [0.1, 0.15) is 39.0 Å². The number of hydrogen-bond donors (Lipinski definition) is 3. The number of hydrazine groups is 1. The molecule has 1 saturated heterocycles. The van der Waals surface area contributed by atoms with Gasteiger partial charge in [0.25, 0.3) is 5.91 Å². The van der Waals surface area contributed by atoms with Crippen molar-refractivity contribution in [2.75, 3.05) is 46.9 Å². The Balaban J connectivity index is 1.44. The van der Waals surface area contributed by atoms with E-state index >= 15 is 0 Å². The van der Waals surface area contributed by atoms with Crippen LogP contribution < -0.4 is 16.1 Å². The van der Waals surface area contributed by atoms with Gasteiger partial charge in [-0.1, -0.05) is 5.57 Å². The van der Waals surface area contributed by atoms with Crippen molar-refractivity contribution in [3.63, 3.8) is 0 Å². The molecule has 4 aliphatic rings. The van der Waals surface area contributed by atoms with Crippen molar-refractivity contribution in [3.8, 4) is 0 Å². The van der Waals surface area contributed by atoms with Crippen molar-refractivity contribution < 1.29 is 19.1 Å². The summed E-state index contributed by atoms with van der Waals surface area (Å²) >= 11 is 1.90. The van der Waals surface area contributed by atoms with Crippen molar-refractivity contribution in [3.05, 3.63) is 22.3 Å². The fourth-order valence-electron chi connectivity index (χ4n) is 4.78. The molecule has 0 spiro atoms. The van der Waals surface area contributed by atoms with E-state index in [1.54, 1.807) is 0 Å². The molecule has 3 heterocycles. The van der Waals surface area contributed by atoms with E-state index in [1.165, 1.54) is 23.3 Å². The number of rotatable bonds is 9. The first kappa shape index (κ1) is 24.4. The molecule has 0 aromatic rings. The van der Waals surface area contributed by atoms with Gasteiger partial charge in [0.1, 0.15) is 6.10 Å². The molecule has 0 bridgehead atoms. The summed E-state index contributed by atoms with van der Waals surface area (Å²) in [5.41, 5.74) is 5.97. The van der Waals surface area contributed by atoms with Crippen LogP contribution >= 0.6 is 11.8 Å². The van der Waals surface area contributed by atoms with Gasteiger partial charge < -0.3 is 30.0 Å². The first-order valence-corrected chi connectivity index (χ1v) is 12.9. The zero-order valence-corrected chi connectivity index (χ0v) is 20.7. The second kappa shape index (κ2) is 11.1. The van der Waals surface area contributed by atoms with E-state index in [2.05, 4.69) is 43.7 Å². The SMILES string of the molecule is COC(=O)NCCCC1=C(C2=CCNN2C)SC([C@@H](C)N(C(=O)[C@H]2CNCCO2)C2CC2)C1. The lowest BCUT2D eigenvalue weighted by atomic mass is 9.99. The highest BCUT2D eigenvalue weighted by atomic mass is 32.2. The molecule has 3 N–H and O–H groups in total. The number of alkyl carbamates (subject to hydrolysis) is 1. The molecule has 3 atom stereocenters. The normalized spacial score (nSPS) is 26.3. The number of carbonyl (C=O) groups is 2. The molecular formula is C23H37N5O4S. The van der Waals surface area contributed by atoms with Crippen molar-refractivity contribution in [1.29, 1.82) is 0 Å².